The lowest BCUT2D eigenvalue weighted by molar-refractivity contribution is -0.138. The first-order chi connectivity index (χ1) is 15.0. The van der Waals surface area contributed by atoms with Crippen LogP contribution in [0.25, 0.3) is 16.9 Å². The second-order valence-corrected chi connectivity index (χ2v) is 8.02. The summed E-state index contributed by atoms with van der Waals surface area (Å²) >= 11 is 3.10. The molecule has 0 bridgehead atoms. The third-order valence-corrected chi connectivity index (χ3v) is 5.08. The maximum Gasteiger partial charge on any atom is 0.408 e. The Morgan fingerprint density at radius 3 is 2.44 bits per heavy atom. The van der Waals surface area contributed by atoms with Crippen molar-refractivity contribution in [2.75, 3.05) is 32.6 Å². The van der Waals surface area contributed by atoms with E-state index in [9.17, 15) is 13.2 Å². The summed E-state index contributed by atoms with van der Waals surface area (Å²) in [6, 6.07) is -0.0974. The van der Waals surface area contributed by atoms with Gasteiger partial charge in [-0.3, -0.25) is 0 Å². The van der Waals surface area contributed by atoms with E-state index >= 15 is 8.78 Å². The van der Waals surface area contributed by atoms with E-state index < -0.39 is 29.4 Å². The Labute approximate surface area is 188 Å². The van der Waals surface area contributed by atoms with Gasteiger partial charge in [-0.1, -0.05) is 0 Å². The number of aromatic nitrogens is 4. The summed E-state index contributed by atoms with van der Waals surface area (Å²) in [6.45, 7) is 1.84. The van der Waals surface area contributed by atoms with Crippen LogP contribution in [0.1, 0.15) is 13.3 Å². The van der Waals surface area contributed by atoms with Crippen molar-refractivity contribution < 1.29 is 26.7 Å². The second-order valence-electron chi connectivity index (χ2n) is 7.27. The molecule has 0 aliphatic rings. The number of benzene rings is 1. The predicted octanol–water partition coefficient (Wildman–Crippen LogP) is 4.53. The van der Waals surface area contributed by atoms with Crippen molar-refractivity contribution >= 4 is 27.5 Å². The first-order valence-corrected chi connectivity index (χ1v) is 10.3. The van der Waals surface area contributed by atoms with E-state index in [4.69, 9.17) is 4.74 Å². The number of ether oxygens (including phenoxy) is 1. The molecule has 3 aromatic rings. The zero-order valence-corrected chi connectivity index (χ0v) is 18.9. The number of halogens is 6. The predicted molar refractivity (Wildman–Crippen MR) is 112 cm³/mol. The SMILES string of the molecule is C[C@@H](Nc1c(-c2c(F)cc(OCCCN(C)C)cc2F)c(Br)nc2ncnn12)C(F)(F)F. The van der Waals surface area contributed by atoms with Gasteiger partial charge in [-0.2, -0.15) is 27.8 Å². The van der Waals surface area contributed by atoms with Gasteiger partial charge in [-0.15, -0.1) is 0 Å². The number of hydrogen-bond donors (Lipinski definition) is 1. The van der Waals surface area contributed by atoms with Crippen LogP contribution in [0.4, 0.5) is 27.8 Å². The summed E-state index contributed by atoms with van der Waals surface area (Å²) in [5.41, 5.74) is -0.854. The first kappa shape index (κ1) is 24.1. The molecule has 0 amide bonds. The topological polar surface area (TPSA) is 67.6 Å². The van der Waals surface area contributed by atoms with Crippen molar-refractivity contribution in [2.24, 2.45) is 0 Å². The van der Waals surface area contributed by atoms with Crippen LogP contribution < -0.4 is 10.1 Å². The minimum Gasteiger partial charge on any atom is -0.493 e. The molecule has 2 aromatic heterocycles. The van der Waals surface area contributed by atoms with Crippen molar-refractivity contribution in [3.8, 4) is 16.9 Å². The molecule has 0 aliphatic heterocycles. The number of nitrogens with zero attached hydrogens (tertiary/aromatic N) is 5. The lowest BCUT2D eigenvalue weighted by Crippen LogP contribution is -2.34. The van der Waals surface area contributed by atoms with E-state index in [-0.39, 0.29) is 34.1 Å². The average molecular weight is 523 g/mol. The van der Waals surface area contributed by atoms with Gasteiger partial charge < -0.3 is 15.0 Å². The standard InChI is InChI=1S/C19H20BrF5N6O/c1-10(19(23,24)25)28-17-15(16(20)29-18-26-9-27-31(17)18)14-12(21)7-11(8-13(14)22)32-6-4-5-30(2)3/h7-10,28H,4-6H2,1-3H3/t10-/m1/s1. The number of rotatable bonds is 8. The normalized spacial score (nSPS) is 13.1. The van der Waals surface area contributed by atoms with Crippen molar-refractivity contribution in [1.29, 1.82) is 0 Å². The highest BCUT2D eigenvalue weighted by molar-refractivity contribution is 9.10. The third kappa shape index (κ3) is 5.26. The molecule has 0 fully saturated rings. The number of alkyl halides is 3. The molecular formula is C19H20BrF5N6O. The second kappa shape index (κ2) is 9.53. The Hall–Kier alpha value is -2.54. The maximum atomic E-state index is 15.0. The molecule has 3 rings (SSSR count). The number of nitrogens with one attached hydrogen (secondary N) is 1. The molecule has 1 aromatic carbocycles. The lowest BCUT2D eigenvalue weighted by Gasteiger charge is -2.22. The molecule has 7 nitrogen and oxygen atoms in total. The fourth-order valence-corrected chi connectivity index (χ4v) is 3.45. The van der Waals surface area contributed by atoms with Crippen LogP contribution in [-0.4, -0.2) is 63.9 Å². The zero-order chi connectivity index (χ0) is 23.6. The molecule has 0 unspecified atom stereocenters. The van der Waals surface area contributed by atoms with Crippen LogP contribution in [0, 0.1) is 11.6 Å². The van der Waals surface area contributed by atoms with Gasteiger partial charge in [-0.25, -0.2) is 13.8 Å². The van der Waals surface area contributed by atoms with Crippen LogP contribution in [0.2, 0.25) is 0 Å². The monoisotopic (exact) mass is 522 g/mol. The van der Waals surface area contributed by atoms with Crippen LogP contribution in [0.3, 0.4) is 0 Å². The minimum absolute atomic E-state index is 0.0356. The lowest BCUT2D eigenvalue weighted by atomic mass is 10.1. The van der Waals surface area contributed by atoms with Crippen molar-refractivity contribution in [3.63, 3.8) is 0 Å². The molecule has 0 saturated heterocycles. The van der Waals surface area contributed by atoms with Gasteiger partial charge >= 0.3 is 6.18 Å². The average Bonchev–Trinajstić information content (AvgIpc) is 3.13. The molecule has 0 radical (unpaired) electrons. The number of fused-ring (bicyclic) bond motifs is 1. The molecule has 0 aliphatic carbocycles. The Morgan fingerprint density at radius 1 is 1.19 bits per heavy atom. The molecule has 1 N–H and O–H groups in total. The maximum absolute atomic E-state index is 15.0. The summed E-state index contributed by atoms with van der Waals surface area (Å²) in [5, 5.41) is 6.08. The number of anilines is 1. The molecule has 32 heavy (non-hydrogen) atoms. The highest BCUT2D eigenvalue weighted by Gasteiger charge is 2.37. The Balaban J connectivity index is 2.05. The van der Waals surface area contributed by atoms with Gasteiger partial charge in [0, 0.05) is 18.7 Å². The molecule has 2 heterocycles. The molecule has 1 atom stereocenters. The van der Waals surface area contributed by atoms with E-state index in [1.165, 1.54) is 0 Å². The minimum atomic E-state index is -4.62. The molecule has 0 saturated carbocycles. The van der Waals surface area contributed by atoms with Crippen LogP contribution in [-0.2, 0) is 0 Å². The quantitative estimate of drug-likeness (QED) is 0.266. The van der Waals surface area contributed by atoms with Crippen LogP contribution in [0.15, 0.2) is 23.1 Å². The van der Waals surface area contributed by atoms with E-state index in [1.807, 2.05) is 19.0 Å². The van der Waals surface area contributed by atoms with E-state index in [2.05, 4.69) is 36.3 Å². The Kier molecular flexibility index (Phi) is 7.18. The van der Waals surface area contributed by atoms with Gasteiger partial charge in [-0.05, 0) is 43.4 Å². The van der Waals surface area contributed by atoms with E-state index in [0.29, 0.717) is 6.42 Å². The van der Waals surface area contributed by atoms with Gasteiger partial charge in [0.1, 0.15) is 40.2 Å². The molecule has 0 spiro atoms. The van der Waals surface area contributed by atoms with Crippen molar-refractivity contribution in [1.82, 2.24) is 24.5 Å². The Morgan fingerprint density at radius 2 is 1.84 bits per heavy atom. The Bertz CT molecular complexity index is 1080. The first-order valence-electron chi connectivity index (χ1n) is 9.48. The van der Waals surface area contributed by atoms with Crippen LogP contribution >= 0.6 is 15.9 Å². The van der Waals surface area contributed by atoms with Gasteiger partial charge in [0.25, 0.3) is 5.78 Å². The molecular weight excluding hydrogens is 503 g/mol. The van der Waals surface area contributed by atoms with Gasteiger partial charge in [0.15, 0.2) is 0 Å². The van der Waals surface area contributed by atoms with Gasteiger partial charge in [0.2, 0.25) is 0 Å². The smallest absolute Gasteiger partial charge is 0.408 e. The van der Waals surface area contributed by atoms with Crippen LogP contribution in [0.5, 0.6) is 5.75 Å². The molecule has 13 heteroatoms. The summed E-state index contributed by atoms with van der Waals surface area (Å²) in [7, 11) is 3.77. The van der Waals surface area contributed by atoms with Gasteiger partial charge in [0.05, 0.1) is 17.7 Å². The third-order valence-electron chi connectivity index (χ3n) is 4.51. The van der Waals surface area contributed by atoms with E-state index in [0.717, 1.165) is 36.4 Å². The van der Waals surface area contributed by atoms with Crippen molar-refractivity contribution in [3.05, 3.63) is 34.7 Å². The largest absolute Gasteiger partial charge is 0.493 e. The zero-order valence-electron chi connectivity index (χ0n) is 17.3. The highest BCUT2D eigenvalue weighted by Crippen LogP contribution is 2.40. The summed E-state index contributed by atoms with van der Waals surface area (Å²) < 4.78 is 75.9. The number of hydrogen-bond acceptors (Lipinski definition) is 6. The summed E-state index contributed by atoms with van der Waals surface area (Å²) in [4.78, 5) is 9.81. The van der Waals surface area contributed by atoms with E-state index in [1.54, 1.807) is 0 Å². The van der Waals surface area contributed by atoms with Crippen molar-refractivity contribution in [2.45, 2.75) is 25.6 Å². The fourth-order valence-electron chi connectivity index (χ4n) is 2.90. The highest BCUT2D eigenvalue weighted by atomic mass is 79.9. The summed E-state index contributed by atoms with van der Waals surface area (Å²) in [6.07, 6.45) is -2.92. The fraction of sp³-hybridized carbons (Fsp3) is 0.421. The summed E-state index contributed by atoms with van der Waals surface area (Å²) in [5.74, 6) is -2.47. The molecule has 174 valence electrons.